The van der Waals surface area contributed by atoms with Crippen LogP contribution in [0.1, 0.15) is 88.7 Å². The first-order valence-corrected chi connectivity index (χ1v) is 14.0. The van der Waals surface area contributed by atoms with Crippen LogP contribution in [0.5, 0.6) is 0 Å². The Bertz CT molecular complexity index is 1330. The molecule has 1 amide bonds. The number of fused-ring (bicyclic) bond motifs is 1. The van der Waals surface area contributed by atoms with Gasteiger partial charge in [-0.3, -0.25) is 4.79 Å². The minimum atomic E-state index is -0.234. The molecule has 2 unspecified atom stereocenters. The highest BCUT2D eigenvalue weighted by atomic mass is 16.1. The number of hydrogen-bond donors (Lipinski definition) is 1. The highest BCUT2D eigenvalue weighted by Crippen LogP contribution is 2.33. The van der Waals surface area contributed by atoms with Crippen molar-refractivity contribution in [1.29, 1.82) is 0 Å². The van der Waals surface area contributed by atoms with E-state index in [0.29, 0.717) is 40.3 Å². The van der Waals surface area contributed by atoms with Gasteiger partial charge in [-0.25, -0.2) is 14.2 Å². The lowest BCUT2D eigenvalue weighted by Crippen LogP contribution is -2.39. The van der Waals surface area contributed by atoms with Gasteiger partial charge < -0.3 is 10.2 Å². The van der Waals surface area contributed by atoms with Crippen LogP contribution in [0.3, 0.4) is 0 Å². The monoisotopic (exact) mass is 515 g/mol. The fourth-order valence-electron chi connectivity index (χ4n) is 5.39. The number of likely N-dealkylation sites (tertiary alicyclic amines) is 1. The van der Waals surface area contributed by atoms with Crippen molar-refractivity contribution in [2.75, 3.05) is 18.4 Å². The molecule has 4 heterocycles. The van der Waals surface area contributed by atoms with Crippen LogP contribution in [-0.2, 0) is 0 Å². The van der Waals surface area contributed by atoms with Crippen LogP contribution in [-0.4, -0.2) is 54.3 Å². The highest BCUT2D eigenvalue weighted by molar-refractivity contribution is 6.08. The molecule has 0 spiro atoms. The van der Waals surface area contributed by atoms with Crippen molar-refractivity contribution in [3.05, 3.63) is 60.2 Å². The second-order valence-corrected chi connectivity index (χ2v) is 12.2. The van der Waals surface area contributed by atoms with Crippen LogP contribution in [0, 0.1) is 11.3 Å². The van der Waals surface area contributed by atoms with Crippen molar-refractivity contribution in [3.8, 4) is 0 Å². The van der Waals surface area contributed by atoms with Crippen LogP contribution >= 0.6 is 0 Å². The molecule has 1 saturated heterocycles. The number of hydrogen-bond acceptors (Lipinski definition) is 5. The average Bonchev–Trinajstić information content (AvgIpc) is 3.52. The summed E-state index contributed by atoms with van der Waals surface area (Å²) in [5, 5.41) is 12.4. The van der Waals surface area contributed by atoms with Gasteiger partial charge in [-0.15, -0.1) is 0 Å². The third kappa shape index (κ3) is 5.90. The Balaban J connectivity index is 1.34. The highest BCUT2D eigenvalue weighted by Gasteiger charge is 2.28. The Hall–Kier alpha value is -3.26. The summed E-state index contributed by atoms with van der Waals surface area (Å²) >= 11 is 0. The lowest BCUT2D eigenvalue weighted by molar-refractivity contribution is 0.102. The Morgan fingerprint density at radius 2 is 2.03 bits per heavy atom. The van der Waals surface area contributed by atoms with Gasteiger partial charge in [0.25, 0.3) is 5.91 Å². The zero-order valence-electron chi connectivity index (χ0n) is 23.4. The minimum absolute atomic E-state index is 0.234. The topological polar surface area (TPSA) is 80.4 Å². The van der Waals surface area contributed by atoms with E-state index in [1.54, 1.807) is 29.2 Å². The summed E-state index contributed by atoms with van der Waals surface area (Å²) in [6.45, 7) is 13.7. The molecular formula is C30H41N7O. The van der Waals surface area contributed by atoms with Gasteiger partial charge in [0.15, 0.2) is 5.65 Å². The minimum Gasteiger partial charge on any atom is -0.306 e. The zero-order chi connectivity index (χ0) is 26.9. The Morgan fingerprint density at radius 3 is 2.74 bits per heavy atom. The number of piperidine rings is 1. The number of rotatable bonds is 7. The smallest absolute Gasteiger partial charge is 0.262 e. The zero-order valence-corrected chi connectivity index (χ0v) is 23.4. The van der Waals surface area contributed by atoms with E-state index in [4.69, 9.17) is 5.10 Å². The second-order valence-electron chi connectivity index (χ2n) is 12.2. The summed E-state index contributed by atoms with van der Waals surface area (Å²) in [5.41, 5.74) is 3.40. The van der Waals surface area contributed by atoms with Gasteiger partial charge in [0.2, 0.25) is 0 Å². The van der Waals surface area contributed by atoms with Crippen molar-refractivity contribution in [1.82, 2.24) is 29.3 Å². The predicted molar refractivity (Wildman–Crippen MR) is 152 cm³/mol. The van der Waals surface area contributed by atoms with Crippen LogP contribution < -0.4 is 5.32 Å². The molecule has 1 aliphatic heterocycles. The number of carbonyl (C=O) groups excluding carboxylic acids is 1. The normalized spacial score (nSPS) is 20.0. The number of anilines is 1. The molecule has 0 radical (unpaired) electrons. The number of nitrogens with zero attached hydrogens (tertiary/aromatic N) is 6. The molecule has 0 bridgehead atoms. The van der Waals surface area contributed by atoms with Crippen LogP contribution in [0.25, 0.3) is 11.3 Å². The largest absolute Gasteiger partial charge is 0.306 e. The van der Waals surface area contributed by atoms with E-state index in [9.17, 15) is 4.79 Å². The van der Waals surface area contributed by atoms with Crippen molar-refractivity contribution in [2.45, 2.75) is 78.7 Å². The quantitative estimate of drug-likeness (QED) is 0.417. The molecule has 8 heteroatoms. The SMILES string of the molecule is CC1C=CC(n2nc(C3CCN(C(C)CCC(C)(C)C)CC3)cc2NC(=O)c2cnn3cccnc23)=CC1. The fourth-order valence-corrected chi connectivity index (χ4v) is 5.39. The van der Waals surface area contributed by atoms with E-state index in [1.807, 2.05) is 4.68 Å². The lowest BCUT2D eigenvalue weighted by atomic mass is 9.87. The summed E-state index contributed by atoms with van der Waals surface area (Å²) in [7, 11) is 0. The van der Waals surface area contributed by atoms with Crippen LogP contribution in [0.2, 0.25) is 0 Å². The Labute approximate surface area is 225 Å². The molecule has 2 atom stereocenters. The molecule has 3 aromatic heterocycles. The Kier molecular flexibility index (Phi) is 7.52. The molecule has 3 aromatic rings. The van der Waals surface area contributed by atoms with Crippen LogP contribution in [0.15, 0.2) is 49.0 Å². The molecule has 202 valence electrons. The molecule has 0 saturated carbocycles. The Morgan fingerprint density at radius 1 is 1.24 bits per heavy atom. The third-order valence-corrected chi connectivity index (χ3v) is 7.92. The summed E-state index contributed by atoms with van der Waals surface area (Å²) in [6, 6.07) is 4.46. The van der Waals surface area contributed by atoms with Crippen molar-refractivity contribution in [2.24, 2.45) is 11.3 Å². The molecular weight excluding hydrogens is 474 g/mol. The number of amides is 1. The maximum Gasteiger partial charge on any atom is 0.262 e. The van der Waals surface area contributed by atoms with Gasteiger partial charge in [-0.2, -0.15) is 10.2 Å². The molecule has 1 aliphatic carbocycles. The summed E-state index contributed by atoms with van der Waals surface area (Å²) in [6.07, 6.45) is 17.1. The molecule has 8 nitrogen and oxygen atoms in total. The summed E-state index contributed by atoms with van der Waals surface area (Å²) in [5.74, 6) is 1.33. The van der Waals surface area contributed by atoms with Crippen molar-refractivity contribution < 1.29 is 4.79 Å². The van der Waals surface area contributed by atoms with E-state index < -0.39 is 0 Å². The molecule has 5 rings (SSSR count). The summed E-state index contributed by atoms with van der Waals surface area (Å²) in [4.78, 5) is 20.3. The van der Waals surface area contributed by atoms with Crippen molar-refractivity contribution >= 4 is 23.1 Å². The van der Waals surface area contributed by atoms with Crippen LogP contribution in [0.4, 0.5) is 5.82 Å². The van der Waals surface area contributed by atoms with E-state index >= 15 is 0 Å². The first-order chi connectivity index (χ1) is 18.2. The number of carbonyl (C=O) groups is 1. The summed E-state index contributed by atoms with van der Waals surface area (Å²) < 4.78 is 3.51. The van der Waals surface area contributed by atoms with E-state index in [1.165, 1.54) is 12.8 Å². The van der Waals surface area contributed by atoms with Gasteiger partial charge >= 0.3 is 0 Å². The van der Waals surface area contributed by atoms with Crippen molar-refractivity contribution in [3.63, 3.8) is 0 Å². The molecule has 0 aromatic carbocycles. The van der Waals surface area contributed by atoms with Gasteiger partial charge in [0, 0.05) is 30.4 Å². The predicted octanol–water partition coefficient (Wildman–Crippen LogP) is 6.01. The molecule has 38 heavy (non-hydrogen) atoms. The number of aromatic nitrogens is 5. The third-order valence-electron chi connectivity index (χ3n) is 7.92. The van der Waals surface area contributed by atoms with Gasteiger partial charge in [0.1, 0.15) is 11.4 Å². The second kappa shape index (κ2) is 10.8. The molecule has 2 aliphatic rings. The molecule has 1 fully saturated rings. The first kappa shape index (κ1) is 26.4. The maximum absolute atomic E-state index is 13.3. The number of nitrogens with one attached hydrogen (secondary N) is 1. The fraction of sp³-hybridized carbons (Fsp3) is 0.533. The number of allylic oxidation sites excluding steroid dienone is 4. The van der Waals surface area contributed by atoms with Gasteiger partial charge in [0.05, 0.1) is 17.6 Å². The lowest BCUT2D eigenvalue weighted by Gasteiger charge is -2.36. The standard InChI is InChI=1S/C30H41N7O/c1-21-7-9-24(10-8-21)37-27(33-29(38)25-20-32-36-16-6-15-31-28(25)36)19-26(34-37)23-12-17-35(18-13-23)22(2)11-14-30(3,4)5/h6-7,9-10,15-16,19-23H,8,11-14,17-18H2,1-5H3,(H,33,38). The van der Waals surface area contributed by atoms with Gasteiger partial charge in [-0.05, 0) is 75.6 Å². The van der Waals surface area contributed by atoms with E-state index in [-0.39, 0.29) is 5.91 Å². The maximum atomic E-state index is 13.3. The average molecular weight is 516 g/mol. The molecule has 1 N–H and O–H groups in total. The van der Waals surface area contributed by atoms with E-state index in [2.05, 4.69) is 79.2 Å². The van der Waals surface area contributed by atoms with E-state index in [0.717, 1.165) is 43.7 Å². The van der Waals surface area contributed by atoms with Gasteiger partial charge in [-0.1, -0.05) is 39.8 Å². The first-order valence-electron chi connectivity index (χ1n) is 14.0.